The van der Waals surface area contributed by atoms with Crippen LogP contribution in [0.2, 0.25) is 0 Å². The molecule has 0 aliphatic heterocycles. The zero-order chi connectivity index (χ0) is 15.8. The van der Waals surface area contributed by atoms with Crippen LogP contribution in [-0.4, -0.2) is 29.9 Å². The number of hydrogen-bond acceptors (Lipinski definition) is 2. The van der Waals surface area contributed by atoms with Crippen LogP contribution < -0.4 is 0 Å². The molecule has 0 bridgehead atoms. The molecule has 118 valence electrons. The van der Waals surface area contributed by atoms with Gasteiger partial charge in [0, 0.05) is 0 Å². The van der Waals surface area contributed by atoms with Gasteiger partial charge in [-0.15, -0.1) is 0 Å². The molecule has 1 aliphatic carbocycles. The summed E-state index contributed by atoms with van der Waals surface area (Å²) in [5.74, 6) is -5.01. The molecule has 0 aromatic heterocycles. The number of halogens is 5. The van der Waals surface area contributed by atoms with Crippen LogP contribution >= 0.6 is 0 Å². The van der Waals surface area contributed by atoms with Crippen molar-refractivity contribution in [2.24, 2.45) is 0 Å². The van der Waals surface area contributed by atoms with Gasteiger partial charge in [0.15, 0.2) is 0 Å². The van der Waals surface area contributed by atoms with Crippen LogP contribution in [0, 0.1) is 0 Å². The molecule has 2 nitrogen and oxygen atoms in total. The van der Waals surface area contributed by atoms with Crippen molar-refractivity contribution >= 4 is 0 Å². The number of rotatable bonds is 3. The highest BCUT2D eigenvalue weighted by molar-refractivity contribution is 5.35. The molecule has 7 heteroatoms. The quantitative estimate of drug-likeness (QED) is 0.860. The number of aliphatic hydroxyl groups is 1. The average molecular weight is 310 g/mol. The van der Waals surface area contributed by atoms with E-state index < -0.39 is 30.9 Å². The fourth-order valence-electron chi connectivity index (χ4n) is 2.49. The lowest BCUT2D eigenvalue weighted by Crippen LogP contribution is -2.43. The van der Waals surface area contributed by atoms with Crippen LogP contribution in [0.25, 0.3) is 0 Å². The Kier molecular flexibility index (Phi) is 4.26. The molecule has 21 heavy (non-hydrogen) atoms. The zero-order valence-electron chi connectivity index (χ0n) is 11.2. The maximum Gasteiger partial charge on any atom is 0.455 e. The second-order valence-electron chi connectivity index (χ2n) is 5.26. The van der Waals surface area contributed by atoms with Crippen LogP contribution in [0.1, 0.15) is 36.5 Å². The van der Waals surface area contributed by atoms with Crippen LogP contribution in [0.4, 0.5) is 22.0 Å². The highest BCUT2D eigenvalue weighted by Crippen LogP contribution is 2.41. The topological polar surface area (TPSA) is 29.5 Å². The van der Waals surface area contributed by atoms with Crippen molar-refractivity contribution in [3.05, 3.63) is 35.4 Å². The van der Waals surface area contributed by atoms with Crippen LogP contribution in [0.3, 0.4) is 0 Å². The molecular formula is C14H15F5O2. The van der Waals surface area contributed by atoms with E-state index >= 15 is 0 Å². The lowest BCUT2D eigenvalue weighted by molar-refractivity contribution is -0.302. The van der Waals surface area contributed by atoms with E-state index in [1.807, 2.05) is 6.92 Å². The van der Waals surface area contributed by atoms with E-state index in [0.29, 0.717) is 5.56 Å². The third kappa shape index (κ3) is 3.18. The molecule has 0 saturated heterocycles. The highest BCUT2D eigenvalue weighted by Gasteiger charge is 2.58. The first-order chi connectivity index (χ1) is 9.63. The maximum atomic E-state index is 12.9. The van der Waals surface area contributed by atoms with Crippen molar-refractivity contribution < 1.29 is 31.8 Å². The van der Waals surface area contributed by atoms with Crippen molar-refractivity contribution in [3.8, 4) is 0 Å². The molecule has 0 radical (unpaired) electrons. The van der Waals surface area contributed by atoms with Crippen molar-refractivity contribution in [2.45, 2.75) is 43.6 Å². The molecule has 0 amide bonds. The van der Waals surface area contributed by atoms with Gasteiger partial charge in [-0.25, -0.2) is 0 Å². The first-order valence-electron chi connectivity index (χ1n) is 6.46. The molecule has 1 aromatic rings. The Balaban J connectivity index is 2.10. The predicted molar refractivity (Wildman–Crippen MR) is 65.2 cm³/mol. The summed E-state index contributed by atoms with van der Waals surface area (Å²) < 4.78 is 66.8. The standard InChI is InChI=1S/C14H15F5O2/c1-8-6-11(21-7-13(15,16)14(17,18)19)12(20)10-5-3-2-4-9(8)10/h2-5,8,11-12,20H,6-7H2,1H3. The fourth-order valence-corrected chi connectivity index (χ4v) is 2.49. The minimum absolute atomic E-state index is 0.0888. The lowest BCUT2D eigenvalue weighted by atomic mass is 9.80. The number of fused-ring (bicyclic) bond motifs is 1. The van der Waals surface area contributed by atoms with Crippen LogP contribution in [-0.2, 0) is 4.74 Å². The number of ether oxygens (including phenoxy) is 1. The van der Waals surface area contributed by atoms with E-state index in [0.717, 1.165) is 5.56 Å². The largest absolute Gasteiger partial charge is 0.455 e. The van der Waals surface area contributed by atoms with Gasteiger partial charge in [0.2, 0.25) is 0 Å². The number of alkyl halides is 5. The Hall–Kier alpha value is -1.21. The third-order valence-electron chi connectivity index (χ3n) is 3.68. The van der Waals surface area contributed by atoms with E-state index in [2.05, 4.69) is 0 Å². The van der Waals surface area contributed by atoms with Gasteiger partial charge in [0.1, 0.15) is 12.7 Å². The predicted octanol–water partition coefficient (Wildman–Crippen LogP) is 3.81. The van der Waals surface area contributed by atoms with E-state index in [-0.39, 0.29) is 12.3 Å². The second kappa shape index (κ2) is 5.53. The minimum Gasteiger partial charge on any atom is -0.386 e. The smallest absolute Gasteiger partial charge is 0.386 e. The van der Waals surface area contributed by atoms with Gasteiger partial charge < -0.3 is 9.84 Å². The average Bonchev–Trinajstić information content (AvgIpc) is 2.40. The summed E-state index contributed by atoms with van der Waals surface area (Å²) in [4.78, 5) is 0. The van der Waals surface area contributed by atoms with Gasteiger partial charge >= 0.3 is 12.1 Å². The summed E-state index contributed by atoms with van der Waals surface area (Å²) in [6.07, 6.45) is -7.76. The molecule has 3 atom stereocenters. The molecule has 3 unspecified atom stereocenters. The number of aliphatic hydroxyl groups excluding tert-OH is 1. The summed E-state index contributed by atoms with van der Waals surface area (Å²) in [5.41, 5.74) is 1.36. The van der Waals surface area contributed by atoms with Crippen molar-refractivity contribution in [1.82, 2.24) is 0 Å². The molecule has 0 saturated carbocycles. The summed E-state index contributed by atoms with van der Waals surface area (Å²) in [6.45, 7) is 0.0239. The van der Waals surface area contributed by atoms with Gasteiger partial charge in [0.05, 0.1) is 6.10 Å². The summed E-state index contributed by atoms with van der Waals surface area (Å²) in [7, 11) is 0. The van der Waals surface area contributed by atoms with Crippen LogP contribution in [0.15, 0.2) is 24.3 Å². The van der Waals surface area contributed by atoms with E-state index in [4.69, 9.17) is 4.74 Å². The Morgan fingerprint density at radius 2 is 1.71 bits per heavy atom. The second-order valence-corrected chi connectivity index (χ2v) is 5.26. The van der Waals surface area contributed by atoms with Gasteiger partial charge in [-0.2, -0.15) is 22.0 Å². The fraction of sp³-hybridized carbons (Fsp3) is 0.571. The number of hydrogen-bond donors (Lipinski definition) is 1. The summed E-state index contributed by atoms with van der Waals surface area (Å²) in [5, 5.41) is 10.1. The molecule has 0 heterocycles. The maximum absolute atomic E-state index is 12.9. The van der Waals surface area contributed by atoms with Crippen molar-refractivity contribution in [1.29, 1.82) is 0 Å². The van der Waals surface area contributed by atoms with Crippen LogP contribution in [0.5, 0.6) is 0 Å². The Morgan fingerprint density at radius 1 is 1.14 bits per heavy atom. The van der Waals surface area contributed by atoms with E-state index in [1.54, 1.807) is 24.3 Å². The molecule has 0 fully saturated rings. The first kappa shape index (κ1) is 16.2. The summed E-state index contributed by atoms with van der Waals surface area (Å²) in [6, 6.07) is 6.86. The Bertz CT molecular complexity index is 500. The molecule has 1 N–H and O–H groups in total. The minimum atomic E-state index is -5.66. The summed E-state index contributed by atoms with van der Waals surface area (Å²) >= 11 is 0. The Labute approximate surface area is 118 Å². The SMILES string of the molecule is CC1CC(OCC(F)(F)C(F)(F)F)C(O)c2ccccc21. The van der Waals surface area contributed by atoms with Crippen molar-refractivity contribution in [2.75, 3.05) is 6.61 Å². The van der Waals surface area contributed by atoms with Gasteiger partial charge in [-0.3, -0.25) is 0 Å². The highest BCUT2D eigenvalue weighted by atomic mass is 19.4. The third-order valence-corrected chi connectivity index (χ3v) is 3.68. The van der Waals surface area contributed by atoms with Gasteiger partial charge in [0.25, 0.3) is 0 Å². The van der Waals surface area contributed by atoms with Crippen molar-refractivity contribution in [3.63, 3.8) is 0 Å². The first-order valence-corrected chi connectivity index (χ1v) is 6.46. The van der Waals surface area contributed by atoms with E-state index in [1.165, 1.54) is 0 Å². The monoisotopic (exact) mass is 310 g/mol. The molecule has 1 aromatic carbocycles. The molecule has 1 aliphatic rings. The van der Waals surface area contributed by atoms with Gasteiger partial charge in [-0.1, -0.05) is 31.2 Å². The molecular weight excluding hydrogens is 295 g/mol. The number of benzene rings is 1. The zero-order valence-corrected chi connectivity index (χ0v) is 11.2. The normalized spacial score (nSPS) is 26.5. The van der Waals surface area contributed by atoms with E-state index in [9.17, 15) is 27.1 Å². The molecule has 0 spiro atoms. The molecule has 2 rings (SSSR count). The van der Waals surface area contributed by atoms with Gasteiger partial charge in [-0.05, 0) is 23.5 Å². The lowest BCUT2D eigenvalue weighted by Gasteiger charge is -2.34. The Morgan fingerprint density at radius 3 is 2.29 bits per heavy atom.